The lowest BCUT2D eigenvalue weighted by Crippen LogP contribution is -2.47. The summed E-state index contributed by atoms with van der Waals surface area (Å²) < 4.78 is 5.44. The van der Waals surface area contributed by atoms with E-state index in [1.165, 1.54) is 0 Å². The first-order valence-electron chi connectivity index (χ1n) is 5.97. The molecule has 0 unspecified atom stereocenters. The highest BCUT2D eigenvalue weighted by Gasteiger charge is 2.30. The van der Waals surface area contributed by atoms with Gasteiger partial charge in [0.25, 0.3) is 5.91 Å². The van der Waals surface area contributed by atoms with Crippen LogP contribution < -0.4 is 11.1 Å². The van der Waals surface area contributed by atoms with E-state index >= 15 is 0 Å². The van der Waals surface area contributed by atoms with Crippen LogP contribution in [0.4, 0.5) is 5.69 Å². The molecule has 3 N–H and O–H groups in total. The van der Waals surface area contributed by atoms with E-state index in [1.807, 2.05) is 6.92 Å². The summed E-state index contributed by atoms with van der Waals surface area (Å²) in [6.45, 7) is 2.72. The van der Waals surface area contributed by atoms with Gasteiger partial charge >= 0.3 is 0 Å². The number of carbonyl (C=O) groups excluding carboxylic acids is 1. The van der Waals surface area contributed by atoms with E-state index in [0.29, 0.717) is 17.4 Å². The maximum Gasteiger partial charge on any atom is 0.251 e. The van der Waals surface area contributed by atoms with Crippen molar-refractivity contribution in [1.82, 2.24) is 5.32 Å². The SMILES string of the molecule is CCOC1CC(NC(=O)c2cccc(N)c2)C1. The molecular formula is C13H18N2O2. The fourth-order valence-electron chi connectivity index (χ4n) is 2.00. The van der Waals surface area contributed by atoms with Gasteiger partial charge in [-0.2, -0.15) is 0 Å². The molecule has 1 fully saturated rings. The maximum absolute atomic E-state index is 11.9. The molecule has 0 heterocycles. The number of ether oxygens (including phenoxy) is 1. The second kappa shape index (κ2) is 5.19. The standard InChI is InChI=1S/C13H18N2O2/c1-2-17-12-7-11(8-12)15-13(16)9-4-3-5-10(14)6-9/h3-6,11-12H,2,7-8,14H2,1H3,(H,15,16). The summed E-state index contributed by atoms with van der Waals surface area (Å²) in [6.07, 6.45) is 2.12. The lowest BCUT2D eigenvalue weighted by atomic mass is 9.89. The predicted octanol–water partition coefficient (Wildman–Crippen LogP) is 1.57. The van der Waals surface area contributed by atoms with Gasteiger partial charge in [0, 0.05) is 23.9 Å². The molecule has 1 aliphatic carbocycles. The van der Waals surface area contributed by atoms with Crippen molar-refractivity contribution in [2.75, 3.05) is 12.3 Å². The van der Waals surface area contributed by atoms with E-state index in [4.69, 9.17) is 10.5 Å². The number of hydrogen-bond acceptors (Lipinski definition) is 3. The Kier molecular flexibility index (Phi) is 3.64. The van der Waals surface area contributed by atoms with Crippen LogP contribution in [-0.2, 0) is 4.74 Å². The monoisotopic (exact) mass is 234 g/mol. The lowest BCUT2D eigenvalue weighted by molar-refractivity contribution is -0.00862. The highest BCUT2D eigenvalue weighted by Crippen LogP contribution is 2.23. The number of anilines is 1. The van der Waals surface area contributed by atoms with Crippen LogP contribution in [0.2, 0.25) is 0 Å². The molecule has 17 heavy (non-hydrogen) atoms. The fraction of sp³-hybridized carbons (Fsp3) is 0.462. The van der Waals surface area contributed by atoms with Crippen molar-refractivity contribution in [3.8, 4) is 0 Å². The Balaban J connectivity index is 1.83. The van der Waals surface area contributed by atoms with Gasteiger partial charge in [0.05, 0.1) is 6.10 Å². The van der Waals surface area contributed by atoms with E-state index in [2.05, 4.69) is 5.32 Å². The molecule has 4 nitrogen and oxygen atoms in total. The van der Waals surface area contributed by atoms with Gasteiger partial charge in [0.15, 0.2) is 0 Å². The molecule has 0 saturated heterocycles. The smallest absolute Gasteiger partial charge is 0.251 e. The Morgan fingerprint density at radius 3 is 2.94 bits per heavy atom. The Bertz CT molecular complexity index is 400. The average Bonchev–Trinajstić information content (AvgIpc) is 2.26. The number of benzene rings is 1. The van der Waals surface area contributed by atoms with Crippen molar-refractivity contribution in [1.29, 1.82) is 0 Å². The van der Waals surface area contributed by atoms with Crippen LogP contribution in [0.25, 0.3) is 0 Å². The minimum Gasteiger partial charge on any atom is -0.399 e. The van der Waals surface area contributed by atoms with Gasteiger partial charge in [0.2, 0.25) is 0 Å². The molecule has 4 heteroatoms. The van der Waals surface area contributed by atoms with Crippen molar-refractivity contribution in [3.63, 3.8) is 0 Å². The third-order valence-corrected chi connectivity index (χ3v) is 2.98. The first kappa shape index (κ1) is 11.9. The summed E-state index contributed by atoms with van der Waals surface area (Å²) in [5.74, 6) is -0.0581. The summed E-state index contributed by atoms with van der Waals surface area (Å²) in [4.78, 5) is 11.9. The van der Waals surface area contributed by atoms with Crippen LogP contribution in [0.15, 0.2) is 24.3 Å². The molecule has 0 bridgehead atoms. The second-order valence-corrected chi connectivity index (χ2v) is 4.34. The minimum absolute atomic E-state index is 0.0581. The van der Waals surface area contributed by atoms with Crippen molar-refractivity contribution in [3.05, 3.63) is 29.8 Å². The number of hydrogen-bond donors (Lipinski definition) is 2. The highest BCUT2D eigenvalue weighted by molar-refractivity contribution is 5.95. The fourth-order valence-corrected chi connectivity index (χ4v) is 2.00. The number of carbonyl (C=O) groups is 1. The normalized spacial score (nSPS) is 22.9. The van der Waals surface area contributed by atoms with Crippen LogP contribution >= 0.6 is 0 Å². The summed E-state index contributed by atoms with van der Waals surface area (Å²) >= 11 is 0. The zero-order chi connectivity index (χ0) is 12.3. The maximum atomic E-state index is 11.9. The third-order valence-electron chi connectivity index (χ3n) is 2.98. The van der Waals surface area contributed by atoms with Gasteiger partial charge in [0.1, 0.15) is 0 Å². The molecule has 1 amide bonds. The molecule has 0 atom stereocenters. The van der Waals surface area contributed by atoms with Gasteiger partial charge in [-0.05, 0) is 38.0 Å². The molecule has 1 aliphatic rings. The Morgan fingerprint density at radius 1 is 1.53 bits per heavy atom. The molecule has 0 aromatic heterocycles. The molecule has 1 aromatic carbocycles. The molecular weight excluding hydrogens is 216 g/mol. The van der Waals surface area contributed by atoms with Crippen molar-refractivity contribution in [2.24, 2.45) is 0 Å². The predicted molar refractivity (Wildman–Crippen MR) is 66.8 cm³/mol. The average molecular weight is 234 g/mol. The van der Waals surface area contributed by atoms with Gasteiger partial charge in [-0.3, -0.25) is 4.79 Å². The first-order chi connectivity index (χ1) is 8.19. The number of amides is 1. The summed E-state index contributed by atoms with van der Waals surface area (Å²) in [5, 5.41) is 2.97. The van der Waals surface area contributed by atoms with Crippen molar-refractivity contribution >= 4 is 11.6 Å². The molecule has 2 rings (SSSR count). The van der Waals surface area contributed by atoms with E-state index < -0.39 is 0 Å². The first-order valence-corrected chi connectivity index (χ1v) is 5.97. The molecule has 92 valence electrons. The topological polar surface area (TPSA) is 64.3 Å². The number of nitrogens with two attached hydrogens (primary N) is 1. The minimum atomic E-state index is -0.0581. The van der Waals surface area contributed by atoms with E-state index in [0.717, 1.165) is 19.4 Å². The summed E-state index contributed by atoms with van der Waals surface area (Å²) in [6, 6.07) is 7.25. The number of nitrogen functional groups attached to an aromatic ring is 1. The number of rotatable bonds is 4. The van der Waals surface area contributed by atoms with Gasteiger partial charge < -0.3 is 15.8 Å². The Morgan fingerprint density at radius 2 is 2.29 bits per heavy atom. The molecule has 1 aromatic rings. The third kappa shape index (κ3) is 2.97. The van der Waals surface area contributed by atoms with Crippen LogP contribution in [-0.4, -0.2) is 24.7 Å². The molecule has 0 aliphatic heterocycles. The summed E-state index contributed by atoms with van der Waals surface area (Å²) in [7, 11) is 0. The van der Waals surface area contributed by atoms with E-state index in [1.54, 1.807) is 24.3 Å². The van der Waals surface area contributed by atoms with Gasteiger partial charge in [-0.15, -0.1) is 0 Å². The Labute approximate surface area is 101 Å². The molecule has 0 spiro atoms. The van der Waals surface area contributed by atoms with Crippen LogP contribution in [0.5, 0.6) is 0 Å². The van der Waals surface area contributed by atoms with Crippen LogP contribution in [0.3, 0.4) is 0 Å². The highest BCUT2D eigenvalue weighted by atomic mass is 16.5. The molecule has 1 saturated carbocycles. The van der Waals surface area contributed by atoms with Gasteiger partial charge in [-0.1, -0.05) is 6.07 Å². The quantitative estimate of drug-likeness (QED) is 0.777. The zero-order valence-electron chi connectivity index (χ0n) is 9.98. The molecule has 0 radical (unpaired) electrons. The Hall–Kier alpha value is -1.55. The van der Waals surface area contributed by atoms with Crippen LogP contribution in [0, 0.1) is 0 Å². The lowest BCUT2D eigenvalue weighted by Gasteiger charge is -2.35. The number of nitrogens with one attached hydrogen (secondary N) is 1. The summed E-state index contributed by atoms with van der Waals surface area (Å²) in [5.41, 5.74) is 6.86. The van der Waals surface area contributed by atoms with Crippen LogP contribution in [0.1, 0.15) is 30.1 Å². The van der Waals surface area contributed by atoms with Gasteiger partial charge in [-0.25, -0.2) is 0 Å². The van der Waals surface area contributed by atoms with Crippen molar-refractivity contribution < 1.29 is 9.53 Å². The second-order valence-electron chi connectivity index (χ2n) is 4.34. The van der Waals surface area contributed by atoms with E-state index in [9.17, 15) is 4.79 Å². The van der Waals surface area contributed by atoms with E-state index in [-0.39, 0.29) is 11.9 Å². The largest absolute Gasteiger partial charge is 0.399 e. The van der Waals surface area contributed by atoms with Crippen molar-refractivity contribution in [2.45, 2.75) is 31.9 Å². The zero-order valence-corrected chi connectivity index (χ0v) is 9.98.